The Labute approximate surface area is 143 Å². The number of ether oxygens (including phenoxy) is 1. The molecule has 2 aromatic carbocycles. The van der Waals surface area contributed by atoms with E-state index in [0.717, 1.165) is 0 Å². The number of nitro groups is 1. The summed E-state index contributed by atoms with van der Waals surface area (Å²) in [6, 6.07) is 12.2. The Morgan fingerprint density at radius 3 is 2.52 bits per heavy atom. The molecule has 0 aliphatic heterocycles. The van der Waals surface area contributed by atoms with Gasteiger partial charge >= 0.3 is 5.97 Å². The third kappa shape index (κ3) is 4.20. The Bertz CT molecular complexity index is 879. The van der Waals surface area contributed by atoms with Gasteiger partial charge in [-0.1, -0.05) is 6.07 Å². The number of carbonyl (C=O) groups is 1. The summed E-state index contributed by atoms with van der Waals surface area (Å²) in [5, 5.41) is 29.3. The number of carboxylic acids is 1. The predicted molar refractivity (Wildman–Crippen MR) is 91.2 cm³/mol. The average molecular weight is 338 g/mol. The monoisotopic (exact) mass is 338 g/mol. The summed E-state index contributed by atoms with van der Waals surface area (Å²) in [5.74, 6) is -0.881. The van der Waals surface area contributed by atoms with Gasteiger partial charge in [-0.2, -0.15) is 5.26 Å². The van der Waals surface area contributed by atoms with Crippen LogP contribution >= 0.6 is 0 Å². The number of nitro benzene ring substituents is 1. The Hall–Kier alpha value is -3.66. The van der Waals surface area contributed by atoms with Gasteiger partial charge in [0.15, 0.2) is 0 Å². The van der Waals surface area contributed by atoms with Crippen molar-refractivity contribution in [1.29, 1.82) is 5.26 Å². The van der Waals surface area contributed by atoms with E-state index in [2.05, 4.69) is 0 Å². The van der Waals surface area contributed by atoms with Crippen LogP contribution in [-0.4, -0.2) is 22.6 Å². The highest BCUT2D eigenvalue weighted by Gasteiger charge is 2.12. The lowest BCUT2D eigenvalue weighted by molar-refractivity contribution is -0.384. The van der Waals surface area contributed by atoms with Crippen LogP contribution in [-0.2, 0) is 0 Å². The van der Waals surface area contributed by atoms with E-state index in [4.69, 9.17) is 4.74 Å². The second-order valence-electron chi connectivity index (χ2n) is 4.97. The van der Waals surface area contributed by atoms with E-state index in [1.807, 2.05) is 6.07 Å². The highest BCUT2D eigenvalue weighted by atomic mass is 16.6. The van der Waals surface area contributed by atoms with Crippen LogP contribution in [0.4, 0.5) is 5.69 Å². The molecule has 0 unspecified atom stereocenters. The first-order valence-electron chi connectivity index (χ1n) is 7.33. The molecule has 0 saturated heterocycles. The van der Waals surface area contributed by atoms with Gasteiger partial charge in [-0.05, 0) is 48.4 Å². The minimum absolute atomic E-state index is 0.00316. The molecule has 25 heavy (non-hydrogen) atoms. The van der Waals surface area contributed by atoms with Crippen molar-refractivity contribution in [3.63, 3.8) is 0 Å². The lowest BCUT2D eigenvalue weighted by Crippen LogP contribution is -2.03. The van der Waals surface area contributed by atoms with Gasteiger partial charge in [0.05, 0.1) is 23.2 Å². The molecular weight excluding hydrogens is 324 g/mol. The average Bonchev–Trinajstić information content (AvgIpc) is 2.60. The molecule has 0 aromatic heterocycles. The molecule has 0 fully saturated rings. The summed E-state index contributed by atoms with van der Waals surface area (Å²) in [6.45, 7) is 2.09. The third-order valence-electron chi connectivity index (χ3n) is 3.35. The molecule has 7 heteroatoms. The van der Waals surface area contributed by atoms with Gasteiger partial charge in [-0.15, -0.1) is 0 Å². The standard InChI is InChI=1S/C18H14N2O5/c1-2-25-17-8-3-12(10-16(17)18(21)22)9-14(11-19)13-4-6-15(7-5-13)20(23)24/h3-10H,2H2,1H3,(H,21,22)/b14-9+. The van der Waals surface area contributed by atoms with Gasteiger partial charge in [0.25, 0.3) is 5.69 Å². The summed E-state index contributed by atoms with van der Waals surface area (Å²) < 4.78 is 5.27. The van der Waals surface area contributed by atoms with Crippen molar-refractivity contribution in [2.45, 2.75) is 6.92 Å². The van der Waals surface area contributed by atoms with E-state index >= 15 is 0 Å². The maximum absolute atomic E-state index is 11.3. The largest absolute Gasteiger partial charge is 0.493 e. The van der Waals surface area contributed by atoms with Crippen LogP contribution < -0.4 is 4.74 Å². The van der Waals surface area contributed by atoms with E-state index < -0.39 is 10.9 Å². The molecule has 2 rings (SSSR count). The van der Waals surface area contributed by atoms with Gasteiger partial charge in [0.2, 0.25) is 0 Å². The Balaban J connectivity index is 2.42. The van der Waals surface area contributed by atoms with Crippen molar-refractivity contribution in [2.75, 3.05) is 6.61 Å². The first-order chi connectivity index (χ1) is 12.0. The van der Waals surface area contributed by atoms with Gasteiger partial charge < -0.3 is 9.84 Å². The van der Waals surface area contributed by atoms with E-state index in [9.17, 15) is 25.3 Å². The number of hydrogen-bond acceptors (Lipinski definition) is 5. The zero-order valence-corrected chi connectivity index (χ0v) is 13.3. The first kappa shape index (κ1) is 17.7. The van der Waals surface area contributed by atoms with Crippen LogP contribution in [0.3, 0.4) is 0 Å². The predicted octanol–water partition coefficient (Wildman–Crippen LogP) is 3.76. The Kier molecular flexibility index (Phi) is 5.48. The number of aromatic carboxylic acids is 1. The number of rotatable bonds is 6. The quantitative estimate of drug-likeness (QED) is 0.371. The molecule has 0 spiro atoms. The van der Waals surface area contributed by atoms with E-state index in [-0.39, 0.29) is 22.6 Å². The molecule has 2 aromatic rings. The smallest absolute Gasteiger partial charge is 0.339 e. The summed E-state index contributed by atoms with van der Waals surface area (Å²) >= 11 is 0. The number of allylic oxidation sites excluding steroid dienone is 1. The number of benzene rings is 2. The van der Waals surface area contributed by atoms with Crippen LogP contribution in [0.5, 0.6) is 5.75 Å². The molecule has 0 amide bonds. The summed E-state index contributed by atoms with van der Waals surface area (Å²) in [4.78, 5) is 21.5. The second kappa shape index (κ2) is 7.75. The zero-order chi connectivity index (χ0) is 18.4. The highest BCUT2D eigenvalue weighted by Crippen LogP contribution is 2.25. The van der Waals surface area contributed by atoms with Crippen molar-refractivity contribution in [2.24, 2.45) is 0 Å². The fourth-order valence-corrected chi connectivity index (χ4v) is 2.20. The lowest BCUT2D eigenvalue weighted by atomic mass is 10.0. The topological polar surface area (TPSA) is 113 Å². The van der Waals surface area contributed by atoms with Gasteiger partial charge in [0, 0.05) is 12.1 Å². The Morgan fingerprint density at radius 1 is 1.32 bits per heavy atom. The van der Waals surface area contributed by atoms with Crippen LogP contribution in [0, 0.1) is 21.4 Å². The lowest BCUT2D eigenvalue weighted by Gasteiger charge is -2.08. The van der Waals surface area contributed by atoms with Crippen LogP contribution in [0.25, 0.3) is 11.6 Å². The SMILES string of the molecule is CCOc1ccc(/C=C(\C#N)c2ccc([N+](=O)[O-])cc2)cc1C(=O)O. The van der Waals surface area contributed by atoms with Crippen LogP contribution in [0.2, 0.25) is 0 Å². The molecule has 0 saturated carbocycles. The van der Waals surface area contributed by atoms with Crippen molar-refractivity contribution < 1.29 is 19.6 Å². The van der Waals surface area contributed by atoms with E-state index in [1.54, 1.807) is 13.0 Å². The van der Waals surface area contributed by atoms with Crippen molar-refractivity contribution in [1.82, 2.24) is 0 Å². The third-order valence-corrected chi connectivity index (χ3v) is 3.35. The molecule has 0 atom stereocenters. The normalized spacial score (nSPS) is 10.8. The minimum atomic E-state index is -1.13. The maximum atomic E-state index is 11.3. The summed E-state index contributed by atoms with van der Waals surface area (Å²) in [6.07, 6.45) is 1.52. The second-order valence-corrected chi connectivity index (χ2v) is 4.97. The number of hydrogen-bond donors (Lipinski definition) is 1. The summed E-state index contributed by atoms with van der Waals surface area (Å²) in [5.41, 5.74) is 1.19. The van der Waals surface area contributed by atoms with Crippen LogP contribution in [0.1, 0.15) is 28.4 Å². The highest BCUT2D eigenvalue weighted by molar-refractivity contribution is 5.94. The van der Waals surface area contributed by atoms with Crippen molar-refractivity contribution in [3.05, 3.63) is 69.3 Å². The number of nitrogens with zero attached hydrogens (tertiary/aromatic N) is 2. The summed E-state index contributed by atoms with van der Waals surface area (Å²) in [7, 11) is 0. The molecule has 126 valence electrons. The van der Waals surface area contributed by atoms with E-state index in [1.165, 1.54) is 42.5 Å². The fraction of sp³-hybridized carbons (Fsp3) is 0.111. The van der Waals surface area contributed by atoms with Crippen molar-refractivity contribution in [3.8, 4) is 11.8 Å². The van der Waals surface area contributed by atoms with Crippen LogP contribution in [0.15, 0.2) is 42.5 Å². The minimum Gasteiger partial charge on any atom is -0.493 e. The van der Waals surface area contributed by atoms with E-state index in [0.29, 0.717) is 17.7 Å². The molecule has 0 radical (unpaired) electrons. The number of nitriles is 1. The maximum Gasteiger partial charge on any atom is 0.339 e. The first-order valence-corrected chi connectivity index (χ1v) is 7.33. The van der Waals surface area contributed by atoms with Gasteiger partial charge in [0.1, 0.15) is 11.3 Å². The zero-order valence-electron chi connectivity index (χ0n) is 13.3. The molecular formula is C18H14N2O5. The number of non-ortho nitro benzene ring substituents is 1. The molecule has 0 bridgehead atoms. The molecule has 0 aliphatic carbocycles. The Morgan fingerprint density at radius 2 is 2.00 bits per heavy atom. The van der Waals surface area contributed by atoms with Gasteiger partial charge in [-0.25, -0.2) is 4.79 Å². The van der Waals surface area contributed by atoms with Gasteiger partial charge in [-0.3, -0.25) is 10.1 Å². The molecule has 0 heterocycles. The molecule has 7 nitrogen and oxygen atoms in total. The molecule has 1 N–H and O–H groups in total. The number of carboxylic acid groups (broad SMARTS) is 1. The molecule has 0 aliphatic rings. The van der Waals surface area contributed by atoms with Crippen molar-refractivity contribution >= 4 is 23.3 Å². The fourth-order valence-electron chi connectivity index (χ4n) is 2.20.